The number of hydrogen-bond acceptors (Lipinski definition) is 2. The van der Waals surface area contributed by atoms with E-state index in [1.165, 1.54) is 4.90 Å². The van der Waals surface area contributed by atoms with Crippen molar-refractivity contribution in [2.45, 2.75) is 6.92 Å². The fourth-order valence-electron chi connectivity index (χ4n) is 1.43. The number of nitrogens with one attached hydrogen (secondary N) is 1. The summed E-state index contributed by atoms with van der Waals surface area (Å²) in [7, 11) is 1.70. The van der Waals surface area contributed by atoms with Gasteiger partial charge in [-0.25, -0.2) is 0 Å². The van der Waals surface area contributed by atoms with Crippen LogP contribution in [0.15, 0.2) is 24.3 Å². The van der Waals surface area contributed by atoms with Gasteiger partial charge in [0.2, 0.25) is 0 Å². The smallest absolute Gasteiger partial charge is 0.256 e. The minimum atomic E-state index is -0.0606. The molecule has 0 aliphatic rings. The molecule has 0 bridgehead atoms. The number of para-hydroxylation sites is 1. The van der Waals surface area contributed by atoms with Gasteiger partial charge in [-0.3, -0.25) is 4.79 Å². The zero-order chi connectivity index (χ0) is 12.0. The summed E-state index contributed by atoms with van der Waals surface area (Å²) in [5.41, 5.74) is 1.50. The van der Waals surface area contributed by atoms with Gasteiger partial charge in [0.15, 0.2) is 0 Å². The second-order valence-corrected chi connectivity index (χ2v) is 3.44. The Balaban J connectivity index is 2.94. The van der Waals surface area contributed by atoms with Gasteiger partial charge in [0.1, 0.15) is 0 Å². The fraction of sp³-hybridized carbons (Fsp3) is 0.308. The number of terminal acetylenes is 1. The van der Waals surface area contributed by atoms with Crippen LogP contribution in [0.25, 0.3) is 0 Å². The Morgan fingerprint density at radius 1 is 1.50 bits per heavy atom. The molecular formula is C13H16N2O. The van der Waals surface area contributed by atoms with E-state index in [4.69, 9.17) is 6.42 Å². The predicted octanol–water partition coefficient (Wildman–Crippen LogP) is 1.82. The van der Waals surface area contributed by atoms with Crippen LogP contribution >= 0.6 is 0 Å². The van der Waals surface area contributed by atoms with Crippen molar-refractivity contribution in [2.75, 3.05) is 25.5 Å². The number of carbonyl (C=O) groups excluding carboxylic acids is 1. The number of benzene rings is 1. The topological polar surface area (TPSA) is 32.3 Å². The Kier molecular flexibility index (Phi) is 4.41. The quantitative estimate of drug-likeness (QED) is 0.779. The number of nitrogens with zero attached hydrogens (tertiary/aromatic N) is 1. The average molecular weight is 216 g/mol. The molecule has 1 aromatic carbocycles. The van der Waals surface area contributed by atoms with Crippen molar-refractivity contribution in [2.24, 2.45) is 0 Å². The van der Waals surface area contributed by atoms with Crippen LogP contribution in [0.1, 0.15) is 17.3 Å². The maximum Gasteiger partial charge on any atom is 0.256 e. The average Bonchev–Trinajstić information content (AvgIpc) is 2.29. The van der Waals surface area contributed by atoms with Gasteiger partial charge < -0.3 is 10.2 Å². The third-order valence-electron chi connectivity index (χ3n) is 2.20. The molecule has 1 aromatic rings. The lowest BCUT2D eigenvalue weighted by Crippen LogP contribution is -2.27. The molecule has 0 aliphatic carbocycles. The van der Waals surface area contributed by atoms with Gasteiger partial charge in [-0.2, -0.15) is 0 Å². The molecule has 0 heterocycles. The zero-order valence-corrected chi connectivity index (χ0v) is 9.66. The molecule has 0 unspecified atom stereocenters. The van der Waals surface area contributed by atoms with Crippen LogP contribution in [0, 0.1) is 12.3 Å². The van der Waals surface area contributed by atoms with Gasteiger partial charge in [-0.05, 0) is 19.1 Å². The van der Waals surface area contributed by atoms with E-state index >= 15 is 0 Å². The van der Waals surface area contributed by atoms with Gasteiger partial charge in [-0.15, -0.1) is 6.42 Å². The summed E-state index contributed by atoms with van der Waals surface area (Å²) in [6.07, 6.45) is 5.18. The van der Waals surface area contributed by atoms with Gasteiger partial charge in [0.25, 0.3) is 5.91 Å². The first-order valence-electron chi connectivity index (χ1n) is 5.22. The molecule has 84 valence electrons. The number of hydrogen-bond donors (Lipinski definition) is 1. The third kappa shape index (κ3) is 2.77. The van der Waals surface area contributed by atoms with E-state index in [1.54, 1.807) is 13.1 Å². The molecule has 0 spiro atoms. The van der Waals surface area contributed by atoms with Gasteiger partial charge in [0, 0.05) is 19.3 Å². The molecule has 1 N–H and O–H groups in total. The lowest BCUT2D eigenvalue weighted by molar-refractivity contribution is 0.0813. The Hall–Kier alpha value is -1.95. The van der Waals surface area contributed by atoms with Crippen LogP contribution in [0.2, 0.25) is 0 Å². The summed E-state index contributed by atoms with van der Waals surface area (Å²) in [6, 6.07) is 7.43. The highest BCUT2D eigenvalue weighted by Gasteiger charge is 2.13. The molecule has 0 aromatic heterocycles. The summed E-state index contributed by atoms with van der Waals surface area (Å²) in [5.74, 6) is 2.39. The second kappa shape index (κ2) is 5.82. The summed E-state index contributed by atoms with van der Waals surface area (Å²) in [6.45, 7) is 3.09. The van der Waals surface area contributed by atoms with E-state index in [0.29, 0.717) is 12.1 Å². The third-order valence-corrected chi connectivity index (χ3v) is 2.20. The van der Waals surface area contributed by atoms with E-state index in [0.717, 1.165) is 12.2 Å². The highest BCUT2D eigenvalue weighted by Crippen LogP contribution is 2.16. The first kappa shape index (κ1) is 12.1. The van der Waals surface area contributed by atoms with Gasteiger partial charge in [0.05, 0.1) is 12.1 Å². The number of anilines is 1. The van der Waals surface area contributed by atoms with Crippen molar-refractivity contribution < 1.29 is 4.79 Å². The maximum absolute atomic E-state index is 12.0. The van der Waals surface area contributed by atoms with Crippen LogP contribution in [-0.2, 0) is 0 Å². The normalized spacial score (nSPS) is 9.31. The molecule has 3 heteroatoms. The lowest BCUT2D eigenvalue weighted by Gasteiger charge is -2.16. The van der Waals surface area contributed by atoms with Crippen LogP contribution in [-0.4, -0.2) is 30.9 Å². The first-order chi connectivity index (χ1) is 7.70. The van der Waals surface area contributed by atoms with Crippen LogP contribution in [0.5, 0.6) is 0 Å². The fourth-order valence-corrected chi connectivity index (χ4v) is 1.43. The highest BCUT2D eigenvalue weighted by molar-refractivity contribution is 5.99. The summed E-state index contributed by atoms with van der Waals surface area (Å²) in [4.78, 5) is 13.5. The molecule has 0 atom stereocenters. The molecule has 0 aliphatic heterocycles. The van der Waals surface area contributed by atoms with Crippen LogP contribution < -0.4 is 5.32 Å². The van der Waals surface area contributed by atoms with Crippen molar-refractivity contribution in [3.05, 3.63) is 29.8 Å². The van der Waals surface area contributed by atoms with Crippen LogP contribution in [0.3, 0.4) is 0 Å². The molecule has 1 amide bonds. The van der Waals surface area contributed by atoms with Crippen molar-refractivity contribution in [3.8, 4) is 12.3 Å². The van der Waals surface area contributed by atoms with E-state index in [2.05, 4.69) is 11.2 Å². The van der Waals surface area contributed by atoms with E-state index in [1.807, 2.05) is 25.1 Å². The molecule has 3 nitrogen and oxygen atoms in total. The molecule has 1 rings (SSSR count). The number of amides is 1. The van der Waals surface area contributed by atoms with Gasteiger partial charge in [-0.1, -0.05) is 18.1 Å². The monoisotopic (exact) mass is 216 g/mol. The predicted molar refractivity (Wildman–Crippen MR) is 66.4 cm³/mol. The minimum absolute atomic E-state index is 0.0606. The van der Waals surface area contributed by atoms with Crippen molar-refractivity contribution in [1.29, 1.82) is 0 Å². The van der Waals surface area contributed by atoms with Crippen molar-refractivity contribution >= 4 is 11.6 Å². The first-order valence-corrected chi connectivity index (χ1v) is 5.22. The summed E-state index contributed by atoms with van der Waals surface area (Å²) >= 11 is 0. The molecular weight excluding hydrogens is 200 g/mol. The van der Waals surface area contributed by atoms with Crippen molar-refractivity contribution in [3.63, 3.8) is 0 Å². The summed E-state index contributed by atoms with van der Waals surface area (Å²) in [5, 5.41) is 3.15. The molecule has 0 fully saturated rings. The summed E-state index contributed by atoms with van der Waals surface area (Å²) < 4.78 is 0. The Labute approximate surface area is 96.5 Å². The molecule has 16 heavy (non-hydrogen) atoms. The maximum atomic E-state index is 12.0. The Morgan fingerprint density at radius 3 is 2.81 bits per heavy atom. The minimum Gasteiger partial charge on any atom is -0.385 e. The Morgan fingerprint density at radius 2 is 2.19 bits per heavy atom. The highest BCUT2D eigenvalue weighted by atomic mass is 16.2. The van der Waals surface area contributed by atoms with E-state index < -0.39 is 0 Å². The van der Waals surface area contributed by atoms with E-state index in [-0.39, 0.29) is 5.91 Å². The standard InChI is InChI=1S/C13H16N2O/c1-4-10-15(3)13(16)11-8-6-7-9-12(11)14-5-2/h1,6-9,14H,5,10H2,2-3H3. The lowest BCUT2D eigenvalue weighted by atomic mass is 10.1. The SMILES string of the molecule is C#CCN(C)C(=O)c1ccccc1NCC. The molecule has 0 saturated heterocycles. The van der Waals surface area contributed by atoms with E-state index in [9.17, 15) is 4.79 Å². The molecule has 0 saturated carbocycles. The van der Waals surface area contributed by atoms with Crippen molar-refractivity contribution in [1.82, 2.24) is 4.90 Å². The number of carbonyl (C=O) groups is 1. The molecule has 0 radical (unpaired) electrons. The zero-order valence-electron chi connectivity index (χ0n) is 9.66. The largest absolute Gasteiger partial charge is 0.385 e. The second-order valence-electron chi connectivity index (χ2n) is 3.44. The Bertz CT molecular complexity index is 407. The van der Waals surface area contributed by atoms with Gasteiger partial charge >= 0.3 is 0 Å². The number of rotatable bonds is 4. The van der Waals surface area contributed by atoms with Crippen LogP contribution in [0.4, 0.5) is 5.69 Å².